The van der Waals surface area contributed by atoms with Crippen molar-refractivity contribution in [3.8, 4) is 5.75 Å². The minimum atomic E-state index is -3.23. The summed E-state index contributed by atoms with van der Waals surface area (Å²) in [6, 6.07) is 6.96. The van der Waals surface area contributed by atoms with Gasteiger partial charge in [-0.1, -0.05) is 12.1 Å². The van der Waals surface area contributed by atoms with Crippen molar-refractivity contribution in [1.82, 2.24) is 9.21 Å². The quantitative estimate of drug-likeness (QED) is 0.633. The average molecular weight is 398 g/mol. The molecule has 2 rings (SSSR count). The molecule has 1 amide bonds. The van der Waals surface area contributed by atoms with Gasteiger partial charge in [0.25, 0.3) is 5.91 Å². The lowest BCUT2D eigenvalue weighted by molar-refractivity contribution is -0.149. The molecule has 0 aliphatic carbocycles. The fourth-order valence-corrected chi connectivity index (χ4v) is 3.22. The minimum Gasteiger partial charge on any atom is -0.484 e. The largest absolute Gasteiger partial charge is 0.484 e. The zero-order valence-electron chi connectivity index (χ0n) is 15.9. The van der Waals surface area contributed by atoms with E-state index in [0.29, 0.717) is 31.7 Å². The second-order valence-corrected chi connectivity index (χ2v) is 8.72. The van der Waals surface area contributed by atoms with Gasteiger partial charge >= 0.3 is 5.97 Å². The predicted molar refractivity (Wildman–Crippen MR) is 99.6 cm³/mol. The summed E-state index contributed by atoms with van der Waals surface area (Å²) in [5, 5.41) is 0. The molecule has 0 radical (unpaired) electrons. The zero-order chi connectivity index (χ0) is 20.0. The topological polar surface area (TPSA) is 93.2 Å². The van der Waals surface area contributed by atoms with Gasteiger partial charge in [-0.3, -0.25) is 9.59 Å². The van der Waals surface area contributed by atoms with Gasteiger partial charge in [-0.15, -0.1) is 0 Å². The number of hydrogen-bond donors (Lipinski definition) is 0. The number of piperidine rings is 1. The summed E-state index contributed by atoms with van der Waals surface area (Å²) in [5.41, 5.74) is 0.825. The van der Waals surface area contributed by atoms with E-state index in [9.17, 15) is 18.0 Å². The molecule has 1 aromatic rings. The monoisotopic (exact) mass is 398 g/mol. The number of likely N-dealkylation sites (tertiary alicyclic amines) is 1. The molecule has 1 fully saturated rings. The smallest absolute Gasteiger partial charge is 0.308 e. The van der Waals surface area contributed by atoms with E-state index in [2.05, 4.69) is 0 Å². The molecule has 0 unspecified atom stereocenters. The Bertz CT molecular complexity index is 755. The Balaban J connectivity index is 1.79. The van der Waals surface area contributed by atoms with E-state index in [-0.39, 0.29) is 30.9 Å². The summed E-state index contributed by atoms with van der Waals surface area (Å²) in [6.45, 7) is 1.22. The van der Waals surface area contributed by atoms with Gasteiger partial charge in [-0.25, -0.2) is 12.7 Å². The Kier molecular flexibility index (Phi) is 7.20. The number of sulfonamides is 1. The van der Waals surface area contributed by atoms with Crippen molar-refractivity contribution in [2.75, 3.05) is 40.1 Å². The molecule has 150 valence electrons. The third-order valence-electron chi connectivity index (χ3n) is 4.64. The van der Waals surface area contributed by atoms with Crippen LogP contribution in [0, 0.1) is 5.92 Å². The Morgan fingerprint density at radius 1 is 1.19 bits per heavy atom. The average Bonchev–Trinajstić information content (AvgIpc) is 2.66. The van der Waals surface area contributed by atoms with Crippen molar-refractivity contribution in [3.05, 3.63) is 29.8 Å². The molecule has 1 heterocycles. The van der Waals surface area contributed by atoms with Gasteiger partial charge in [0.1, 0.15) is 5.75 Å². The maximum atomic E-state index is 12.3. The first-order chi connectivity index (χ1) is 12.7. The van der Waals surface area contributed by atoms with Crippen molar-refractivity contribution in [2.24, 2.45) is 5.92 Å². The van der Waals surface area contributed by atoms with Crippen LogP contribution < -0.4 is 4.74 Å². The Hall–Kier alpha value is -2.13. The molecule has 9 heteroatoms. The summed E-state index contributed by atoms with van der Waals surface area (Å²) in [5.74, 6) is 0.0512. The molecule has 1 aliphatic rings. The molecule has 0 N–H and O–H groups in total. The van der Waals surface area contributed by atoms with Gasteiger partial charge < -0.3 is 14.4 Å². The van der Waals surface area contributed by atoms with E-state index in [1.807, 2.05) is 0 Å². The van der Waals surface area contributed by atoms with Crippen LogP contribution in [-0.2, 0) is 30.9 Å². The predicted octanol–water partition coefficient (Wildman–Crippen LogP) is 0.868. The molecule has 27 heavy (non-hydrogen) atoms. The molecular formula is C18H26N2O6S. The molecule has 0 spiro atoms. The lowest BCUT2D eigenvalue weighted by atomic mass is 9.97. The number of nitrogens with zero attached hydrogens (tertiary/aromatic N) is 2. The van der Waals surface area contributed by atoms with Crippen LogP contribution in [0.1, 0.15) is 18.4 Å². The van der Waals surface area contributed by atoms with Gasteiger partial charge in [0.2, 0.25) is 10.0 Å². The second-order valence-electron chi connectivity index (χ2n) is 6.63. The van der Waals surface area contributed by atoms with Crippen molar-refractivity contribution < 1.29 is 27.5 Å². The lowest BCUT2D eigenvalue weighted by Crippen LogP contribution is -2.42. The van der Waals surface area contributed by atoms with Crippen LogP contribution in [0.25, 0.3) is 0 Å². The number of hydrogen-bond acceptors (Lipinski definition) is 6. The van der Waals surface area contributed by atoms with Crippen LogP contribution in [0.15, 0.2) is 24.3 Å². The maximum Gasteiger partial charge on any atom is 0.308 e. The third kappa shape index (κ3) is 6.21. The van der Waals surface area contributed by atoms with Crippen LogP contribution in [0.3, 0.4) is 0 Å². The van der Waals surface area contributed by atoms with Crippen LogP contribution >= 0.6 is 0 Å². The van der Waals surface area contributed by atoms with E-state index < -0.39 is 10.0 Å². The molecular weight excluding hydrogens is 372 g/mol. The highest BCUT2D eigenvalue weighted by molar-refractivity contribution is 7.88. The van der Waals surface area contributed by atoms with E-state index >= 15 is 0 Å². The van der Waals surface area contributed by atoms with E-state index in [1.54, 1.807) is 29.2 Å². The normalized spacial score (nSPS) is 15.6. The van der Waals surface area contributed by atoms with E-state index in [4.69, 9.17) is 9.47 Å². The highest BCUT2D eigenvalue weighted by atomic mass is 32.2. The minimum absolute atomic E-state index is 0.0779. The molecule has 1 aromatic carbocycles. The van der Waals surface area contributed by atoms with Gasteiger partial charge in [-0.2, -0.15) is 0 Å². The standard InChI is InChI=1S/C18H26N2O6S/c1-19(27(3,23)24)12-14-4-6-16(7-5-14)26-13-17(21)20-10-8-15(9-11-20)18(22)25-2/h4-7,15H,8-13H2,1-3H3. The first-order valence-electron chi connectivity index (χ1n) is 8.69. The number of carbonyl (C=O) groups is 2. The van der Waals surface area contributed by atoms with Crippen LogP contribution in [0.4, 0.5) is 0 Å². The SMILES string of the molecule is COC(=O)C1CCN(C(=O)COc2ccc(CN(C)S(C)(=O)=O)cc2)CC1. The highest BCUT2D eigenvalue weighted by Crippen LogP contribution is 2.19. The molecule has 1 aliphatic heterocycles. The zero-order valence-corrected chi connectivity index (χ0v) is 16.7. The number of amides is 1. The van der Waals surface area contributed by atoms with Gasteiger partial charge in [0.05, 0.1) is 19.3 Å². The van der Waals surface area contributed by atoms with Crippen LogP contribution in [0.2, 0.25) is 0 Å². The molecule has 1 saturated heterocycles. The summed E-state index contributed by atoms with van der Waals surface area (Å²) >= 11 is 0. The Labute approximate surface area is 160 Å². The van der Waals surface area contributed by atoms with Gasteiger partial charge in [0, 0.05) is 26.7 Å². The third-order valence-corrected chi connectivity index (χ3v) is 5.90. The number of methoxy groups -OCH3 is 1. The fourth-order valence-electron chi connectivity index (χ4n) is 2.83. The number of benzene rings is 1. The number of carbonyl (C=O) groups excluding carboxylic acids is 2. The van der Waals surface area contributed by atoms with E-state index in [0.717, 1.165) is 11.8 Å². The summed E-state index contributed by atoms with van der Waals surface area (Å²) < 4.78 is 34.4. The van der Waals surface area contributed by atoms with Crippen molar-refractivity contribution in [1.29, 1.82) is 0 Å². The number of esters is 1. The maximum absolute atomic E-state index is 12.3. The fraction of sp³-hybridized carbons (Fsp3) is 0.556. The number of rotatable bonds is 7. The first-order valence-corrected chi connectivity index (χ1v) is 10.5. The molecule has 0 bridgehead atoms. The van der Waals surface area contributed by atoms with E-state index in [1.165, 1.54) is 18.5 Å². The van der Waals surface area contributed by atoms with Gasteiger partial charge in [0.15, 0.2) is 6.61 Å². The van der Waals surface area contributed by atoms with Crippen LogP contribution in [0.5, 0.6) is 5.75 Å². The van der Waals surface area contributed by atoms with Crippen molar-refractivity contribution in [3.63, 3.8) is 0 Å². The Morgan fingerprint density at radius 3 is 2.30 bits per heavy atom. The molecule has 0 saturated carbocycles. The van der Waals surface area contributed by atoms with Crippen molar-refractivity contribution in [2.45, 2.75) is 19.4 Å². The molecule has 0 aromatic heterocycles. The lowest BCUT2D eigenvalue weighted by Gasteiger charge is -2.30. The molecule has 8 nitrogen and oxygen atoms in total. The Morgan fingerprint density at radius 2 is 1.78 bits per heavy atom. The van der Waals surface area contributed by atoms with Crippen LogP contribution in [-0.4, -0.2) is 69.6 Å². The summed E-state index contributed by atoms with van der Waals surface area (Å²) in [6.07, 6.45) is 2.35. The van der Waals surface area contributed by atoms with Gasteiger partial charge in [-0.05, 0) is 30.5 Å². The summed E-state index contributed by atoms with van der Waals surface area (Å²) in [7, 11) is -0.344. The van der Waals surface area contributed by atoms with Crippen molar-refractivity contribution >= 4 is 21.9 Å². The highest BCUT2D eigenvalue weighted by Gasteiger charge is 2.27. The second kappa shape index (κ2) is 9.18. The number of ether oxygens (including phenoxy) is 2. The summed E-state index contributed by atoms with van der Waals surface area (Å²) in [4.78, 5) is 25.5. The first kappa shape index (κ1) is 21.2. The molecule has 0 atom stereocenters.